The second-order valence-electron chi connectivity index (χ2n) is 7.75. The van der Waals surface area contributed by atoms with Gasteiger partial charge in [-0.05, 0) is 65.2 Å². The Morgan fingerprint density at radius 2 is 1.08 bits per heavy atom. The summed E-state index contributed by atoms with van der Waals surface area (Å²) in [5, 5.41) is 0. The van der Waals surface area contributed by atoms with Crippen LogP contribution in [0.3, 0.4) is 0 Å². The molecule has 1 saturated heterocycles. The number of unbranched alkanes of at least 4 members (excludes halogenated alkanes) is 9. The van der Waals surface area contributed by atoms with Gasteiger partial charge in [-0.15, -0.1) is 13.2 Å². The van der Waals surface area contributed by atoms with E-state index in [2.05, 4.69) is 13.2 Å². The lowest BCUT2D eigenvalue weighted by molar-refractivity contribution is -0.0375. The fourth-order valence-electron chi connectivity index (χ4n) is 3.62. The van der Waals surface area contributed by atoms with Crippen LogP contribution in [0.25, 0.3) is 0 Å². The molecule has 0 aliphatic carbocycles. The standard InChI is InChI=1S/C22H38O3/c1-5-7-9-11-12-13-14-15-17-19-22(4)21(3,24-20(23)25-22)18-16-10-8-6-2/h5-6H,1-2,7-19H2,3-4H3/t21-,22-/m1/s1. The smallest absolute Gasteiger partial charge is 0.424 e. The van der Waals surface area contributed by atoms with Gasteiger partial charge in [0, 0.05) is 0 Å². The lowest BCUT2D eigenvalue weighted by Crippen LogP contribution is -2.47. The molecule has 1 fully saturated rings. The summed E-state index contributed by atoms with van der Waals surface area (Å²) in [6, 6.07) is 0. The minimum absolute atomic E-state index is 0.498. The van der Waals surface area contributed by atoms with Gasteiger partial charge in [0.2, 0.25) is 0 Å². The molecule has 0 aromatic heterocycles. The first-order valence-electron chi connectivity index (χ1n) is 10.1. The van der Waals surface area contributed by atoms with Gasteiger partial charge < -0.3 is 9.47 Å². The number of allylic oxidation sites excluding steroid dienone is 2. The third-order valence-corrected chi connectivity index (χ3v) is 5.61. The van der Waals surface area contributed by atoms with Crippen LogP contribution in [0.2, 0.25) is 0 Å². The van der Waals surface area contributed by atoms with Gasteiger partial charge in [-0.1, -0.05) is 44.3 Å². The van der Waals surface area contributed by atoms with Crippen molar-refractivity contribution in [3.05, 3.63) is 25.3 Å². The van der Waals surface area contributed by atoms with Crippen LogP contribution in [0.1, 0.15) is 97.3 Å². The van der Waals surface area contributed by atoms with Crippen molar-refractivity contribution in [2.24, 2.45) is 0 Å². The Kier molecular flexibility index (Phi) is 9.92. The zero-order valence-corrected chi connectivity index (χ0v) is 16.5. The summed E-state index contributed by atoms with van der Waals surface area (Å²) in [4.78, 5) is 11.8. The maximum Gasteiger partial charge on any atom is 0.509 e. The average molecular weight is 351 g/mol. The van der Waals surface area contributed by atoms with E-state index in [1.54, 1.807) is 0 Å². The summed E-state index contributed by atoms with van der Waals surface area (Å²) in [5.74, 6) is 0. The van der Waals surface area contributed by atoms with Gasteiger partial charge in [-0.2, -0.15) is 0 Å². The van der Waals surface area contributed by atoms with Crippen LogP contribution in [0.4, 0.5) is 4.79 Å². The highest BCUT2D eigenvalue weighted by molar-refractivity contribution is 5.64. The topological polar surface area (TPSA) is 35.5 Å². The Morgan fingerprint density at radius 1 is 0.720 bits per heavy atom. The highest BCUT2D eigenvalue weighted by Gasteiger charge is 2.56. The van der Waals surface area contributed by atoms with Gasteiger partial charge in [0.05, 0.1) is 0 Å². The number of cyclic esters (lactones) is 2. The quantitative estimate of drug-likeness (QED) is 0.179. The number of hydrogen-bond acceptors (Lipinski definition) is 3. The molecule has 0 bridgehead atoms. The molecule has 0 spiro atoms. The van der Waals surface area contributed by atoms with Gasteiger partial charge in [-0.3, -0.25) is 0 Å². The monoisotopic (exact) mass is 350 g/mol. The Hall–Kier alpha value is -1.25. The van der Waals surface area contributed by atoms with Crippen molar-refractivity contribution in [2.45, 2.75) is 109 Å². The fourth-order valence-corrected chi connectivity index (χ4v) is 3.62. The van der Waals surface area contributed by atoms with Crippen molar-refractivity contribution in [1.82, 2.24) is 0 Å². The lowest BCUT2D eigenvalue weighted by Gasteiger charge is -2.36. The molecule has 0 aromatic carbocycles. The Balaban J connectivity index is 2.29. The van der Waals surface area contributed by atoms with E-state index in [0.29, 0.717) is 0 Å². The van der Waals surface area contributed by atoms with E-state index in [1.165, 1.54) is 38.5 Å². The van der Waals surface area contributed by atoms with Crippen LogP contribution in [-0.2, 0) is 9.47 Å². The normalized spacial score (nSPS) is 25.4. The Morgan fingerprint density at radius 3 is 1.56 bits per heavy atom. The molecule has 25 heavy (non-hydrogen) atoms. The van der Waals surface area contributed by atoms with Crippen molar-refractivity contribution in [3.8, 4) is 0 Å². The van der Waals surface area contributed by atoms with E-state index in [0.717, 1.165) is 44.9 Å². The van der Waals surface area contributed by atoms with E-state index in [-0.39, 0.29) is 0 Å². The summed E-state index contributed by atoms with van der Waals surface area (Å²) in [6.45, 7) is 11.6. The second-order valence-corrected chi connectivity index (χ2v) is 7.75. The molecule has 1 aliphatic rings. The van der Waals surface area contributed by atoms with Crippen molar-refractivity contribution in [2.75, 3.05) is 0 Å². The van der Waals surface area contributed by atoms with Crippen molar-refractivity contribution >= 4 is 6.16 Å². The zero-order chi connectivity index (χ0) is 18.6. The molecule has 0 N–H and O–H groups in total. The maximum atomic E-state index is 11.8. The average Bonchev–Trinajstić information content (AvgIpc) is 2.79. The number of ether oxygens (including phenoxy) is 2. The molecule has 0 amide bonds. The number of rotatable bonds is 15. The minimum Gasteiger partial charge on any atom is -0.424 e. The molecule has 1 aliphatic heterocycles. The van der Waals surface area contributed by atoms with Gasteiger partial charge in [0.1, 0.15) is 0 Å². The van der Waals surface area contributed by atoms with Gasteiger partial charge in [0.15, 0.2) is 11.2 Å². The number of carbonyl (C=O) groups is 1. The highest BCUT2D eigenvalue weighted by Crippen LogP contribution is 2.43. The van der Waals surface area contributed by atoms with Crippen LogP contribution < -0.4 is 0 Å². The SMILES string of the molecule is C=CCCCCCCCCC[C@@]1(C)OC(=O)O[C@]1(C)CCCCC=C. The summed E-state index contributed by atoms with van der Waals surface area (Å²) >= 11 is 0. The first kappa shape index (κ1) is 21.8. The molecule has 0 radical (unpaired) electrons. The van der Waals surface area contributed by atoms with E-state index in [4.69, 9.17) is 9.47 Å². The first-order valence-corrected chi connectivity index (χ1v) is 10.1. The maximum absolute atomic E-state index is 11.8. The molecule has 0 unspecified atom stereocenters. The molecule has 3 heteroatoms. The van der Waals surface area contributed by atoms with Crippen LogP contribution in [0, 0.1) is 0 Å². The fraction of sp³-hybridized carbons (Fsp3) is 0.773. The third-order valence-electron chi connectivity index (χ3n) is 5.61. The Bertz CT molecular complexity index is 417. The Labute approximate surface area is 154 Å². The van der Waals surface area contributed by atoms with Gasteiger partial charge >= 0.3 is 6.16 Å². The van der Waals surface area contributed by atoms with E-state index in [1.807, 2.05) is 26.0 Å². The number of hydrogen-bond donors (Lipinski definition) is 0. The summed E-state index contributed by atoms with van der Waals surface area (Å²) in [7, 11) is 0. The molecule has 2 atom stereocenters. The predicted molar refractivity (Wildman–Crippen MR) is 105 cm³/mol. The van der Waals surface area contributed by atoms with E-state index in [9.17, 15) is 4.79 Å². The van der Waals surface area contributed by atoms with Crippen molar-refractivity contribution in [1.29, 1.82) is 0 Å². The van der Waals surface area contributed by atoms with Crippen LogP contribution in [-0.4, -0.2) is 17.4 Å². The lowest BCUT2D eigenvalue weighted by atomic mass is 9.78. The van der Waals surface area contributed by atoms with Crippen molar-refractivity contribution in [3.63, 3.8) is 0 Å². The summed E-state index contributed by atoms with van der Waals surface area (Å²) < 4.78 is 11.2. The molecule has 144 valence electrons. The summed E-state index contributed by atoms with van der Waals surface area (Å²) in [6.07, 6.45) is 18.1. The van der Waals surface area contributed by atoms with Crippen molar-refractivity contribution < 1.29 is 14.3 Å². The van der Waals surface area contributed by atoms with E-state index < -0.39 is 17.4 Å². The third kappa shape index (κ3) is 7.25. The molecule has 0 saturated carbocycles. The highest BCUT2D eigenvalue weighted by atomic mass is 16.8. The molecule has 1 rings (SSSR count). The van der Waals surface area contributed by atoms with E-state index >= 15 is 0 Å². The largest absolute Gasteiger partial charge is 0.509 e. The second kappa shape index (κ2) is 11.4. The van der Waals surface area contributed by atoms with Crippen LogP contribution in [0.15, 0.2) is 25.3 Å². The molecule has 1 heterocycles. The molecular weight excluding hydrogens is 312 g/mol. The first-order chi connectivity index (χ1) is 12.0. The number of carbonyl (C=O) groups excluding carboxylic acids is 1. The summed E-state index contributed by atoms with van der Waals surface area (Å²) in [5.41, 5.74) is -1.00. The van der Waals surface area contributed by atoms with Gasteiger partial charge in [-0.25, -0.2) is 4.79 Å². The molecule has 3 nitrogen and oxygen atoms in total. The van der Waals surface area contributed by atoms with Crippen LogP contribution >= 0.6 is 0 Å². The predicted octanol–water partition coefficient (Wildman–Crippen LogP) is 7.11. The minimum atomic E-state index is -0.504. The van der Waals surface area contributed by atoms with Crippen LogP contribution in [0.5, 0.6) is 0 Å². The van der Waals surface area contributed by atoms with Gasteiger partial charge in [0.25, 0.3) is 0 Å². The zero-order valence-electron chi connectivity index (χ0n) is 16.5. The molecular formula is C22H38O3. The molecule has 0 aromatic rings.